The summed E-state index contributed by atoms with van der Waals surface area (Å²) in [7, 11) is 0. The fourth-order valence-electron chi connectivity index (χ4n) is 9.68. The van der Waals surface area contributed by atoms with E-state index in [1.807, 2.05) is 24.4 Å². The minimum absolute atomic E-state index is 0.636. The van der Waals surface area contributed by atoms with E-state index in [9.17, 15) is 0 Å². The average molecular weight is 805 g/mol. The van der Waals surface area contributed by atoms with Crippen LogP contribution in [0.25, 0.3) is 117 Å². The zero-order chi connectivity index (χ0) is 41.4. The number of hydrogen-bond acceptors (Lipinski definition) is 3. The topological polar surface area (TPSA) is 53.5 Å². The van der Waals surface area contributed by atoms with E-state index in [-0.39, 0.29) is 0 Å². The summed E-state index contributed by atoms with van der Waals surface area (Å²) in [5, 5.41) is 5.86. The number of pyridine rings is 1. The summed E-state index contributed by atoms with van der Waals surface area (Å²) in [5.41, 5.74) is 15.9. The molecule has 0 radical (unpaired) electrons. The Hall–Kier alpha value is -8.61. The first kappa shape index (κ1) is 35.2. The molecule has 0 spiro atoms. The third-order valence-corrected chi connectivity index (χ3v) is 12.5. The van der Waals surface area contributed by atoms with E-state index < -0.39 is 0 Å². The van der Waals surface area contributed by atoms with Crippen molar-refractivity contribution in [2.24, 2.45) is 0 Å². The van der Waals surface area contributed by atoms with E-state index in [1.54, 1.807) is 0 Å². The van der Waals surface area contributed by atoms with Gasteiger partial charge in [0.25, 0.3) is 0 Å². The summed E-state index contributed by atoms with van der Waals surface area (Å²) >= 11 is 0. The van der Waals surface area contributed by atoms with Crippen molar-refractivity contribution in [1.29, 1.82) is 0 Å². The number of rotatable bonds is 6. The summed E-state index contributed by atoms with van der Waals surface area (Å²) < 4.78 is 6.96. The molecule has 0 amide bonds. The van der Waals surface area contributed by atoms with Crippen molar-refractivity contribution < 1.29 is 0 Å². The van der Waals surface area contributed by atoms with Gasteiger partial charge in [0.1, 0.15) is 0 Å². The van der Waals surface area contributed by atoms with Crippen LogP contribution in [0, 0.1) is 0 Å². The van der Waals surface area contributed by atoms with Crippen molar-refractivity contribution in [3.63, 3.8) is 0 Å². The second-order valence-electron chi connectivity index (χ2n) is 16.1. The Morgan fingerprint density at radius 2 is 0.794 bits per heavy atom. The molecule has 294 valence electrons. The zero-order valence-corrected chi connectivity index (χ0v) is 34.0. The first-order chi connectivity index (χ1) is 31.2. The van der Waals surface area contributed by atoms with Gasteiger partial charge in [0.05, 0.1) is 50.0 Å². The van der Waals surface area contributed by atoms with E-state index in [0.717, 1.165) is 99.8 Å². The Labute approximate surface area is 362 Å². The molecule has 63 heavy (non-hydrogen) atoms. The van der Waals surface area contributed by atoms with Gasteiger partial charge in [-0.2, -0.15) is 0 Å². The van der Waals surface area contributed by atoms with Crippen LogP contribution in [0.4, 0.5) is 0 Å². The van der Waals surface area contributed by atoms with Crippen LogP contribution in [0.5, 0.6) is 0 Å². The average Bonchev–Trinajstić information content (AvgIpc) is 4.00. The minimum atomic E-state index is 0.636. The molecule has 0 fully saturated rings. The van der Waals surface area contributed by atoms with Crippen molar-refractivity contribution in [3.8, 4) is 51.0 Å². The van der Waals surface area contributed by atoms with E-state index in [1.165, 1.54) is 10.8 Å². The van der Waals surface area contributed by atoms with Crippen LogP contribution >= 0.6 is 0 Å². The highest BCUT2D eigenvalue weighted by atomic mass is 15.2. The molecule has 0 saturated carbocycles. The lowest BCUT2D eigenvalue weighted by Gasteiger charge is -2.13. The number of benzene rings is 8. The molecule has 6 heteroatoms. The van der Waals surface area contributed by atoms with Crippen LogP contribution < -0.4 is 0 Å². The maximum Gasteiger partial charge on any atom is 0.235 e. The van der Waals surface area contributed by atoms with Gasteiger partial charge >= 0.3 is 0 Å². The molecule has 0 aliphatic rings. The highest BCUT2D eigenvalue weighted by Gasteiger charge is 2.20. The number of aromatic nitrogens is 6. The monoisotopic (exact) mass is 804 g/mol. The fourth-order valence-corrected chi connectivity index (χ4v) is 9.68. The number of fused-ring (bicyclic) bond motifs is 9. The van der Waals surface area contributed by atoms with Crippen LogP contribution in [0.3, 0.4) is 0 Å². The molecular formula is C57H36N6. The molecule has 0 aliphatic heterocycles. The number of nitrogens with zero attached hydrogens (tertiary/aromatic N) is 6. The maximum atomic E-state index is 5.28. The van der Waals surface area contributed by atoms with E-state index in [2.05, 4.69) is 208 Å². The highest BCUT2D eigenvalue weighted by Crippen LogP contribution is 2.39. The lowest BCUT2D eigenvalue weighted by Crippen LogP contribution is -2.04. The molecule has 0 bridgehead atoms. The largest absolute Gasteiger partial charge is 0.309 e. The molecule has 0 unspecified atom stereocenters. The Balaban J connectivity index is 0.983. The summed E-state index contributed by atoms with van der Waals surface area (Å²) in [6.07, 6.45) is 1.88. The van der Waals surface area contributed by atoms with Gasteiger partial charge in [-0.05, 0) is 83.9 Å². The third kappa shape index (κ3) is 5.55. The van der Waals surface area contributed by atoms with Gasteiger partial charge in [-0.15, -0.1) is 0 Å². The predicted octanol–water partition coefficient (Wildman–Crippen LogP) is 14.2. The number of para-hydroxylation sites is 3. The quantitative estimate of drug-likeness (QED) is 0.168. The first-order valence-corrected chi connectivity index (χ1v) is 21.3. The van der Waals surface area contributed by atoms with E-state index >= 15 is 0 Å². The molecule has 5 aromatic heterocycles. The molecular weight excluding hydrogens is 769 g/mol. The molecule has 13 aromatic rings. The maximum absolute atomic E-state index is 5.28. The molecule has 0 N–H and O–H groups in total. The molecule has 6 nitrogen and oxygen atoms in total. The van der Waals surface area contributed by atoms with E-state index in [0.29, 0.717) is 5.95 Å². The van der Waals surface area contributed by atoms with Crippen molar-refractivity contribution in [3.05, 3.63) is 219 Å². The lowest BCUT2D eigenvalue weighted by atomic mass is 10.0. The van der Waals surface area contributed by atoms with Gasteiger partial charge < -0.3 is 9.13 Å². The van der Waals surface area contributed by atoms with Crippen LogP contribution in [0.2, 0.25) is 0 Å². The minimum Gasteiger partial charge on any atom is -0.309 e. The van der Waals surface area contributed by atoms with Gasteiger partial charge in [-0.1, -0.05) is 140 Å². The number of hydrogen-bond donors (Lipinski definition) is 0. The third-order valence-electron chi connectivity index (χ3n) is 12.5. The van der Waals surface area contributed by atoms with Crippen molar-refractivity contribution in [1.82, 2.24) is 28.7 Å². The van der Waals surface area contributed by atoms with Gasteiger partial charge in [-0.3, -0.25) is 9.55 Å². The normalized spacial score (nSPS) is 11.8. The van der Waals surface area contributed by atoms with E-state index in [4.69, 9.17) is 15.0 Å². The SMILES string of the molecule is c1ccc(-c2cc(-c3ccccc3)nc(-n3c4ccccc4c4ccc(-c5ccc6c(c5)c5ccccc5n6-c5cccc(-n6c7ccccc7c7ncccc76)c5)cc43)n2)cc1. The smallest absolute Gasteiger partial charge is 0.235 e. The van der Waals surface area contributed by atoms with Gasteiger partial charge in [0.2, 0.25) is 5.95 Å². The molecule has 8 aromatic carbocycles. The molecule has 0 atom stereocenters. The van der Waals surface area contributed by atoms with Crippen molar-refractivity contribution in [2.45, 2.75) is 0 Å². The van der Waals surface area contributed by atoms with Crippen LogP contribution in [-0.4, -0.2) is 28.7 Å². The van der Waals surface area contributed by atoms with Crippen LogP contribution in [0.15, 0.2) is 219 Å². The lowest BCUT2D eigenvalue weighted by molar-refractivity contribution is 0.996. The Morgan fingerprint density at radius 3 is 1.49 bits per heavy atom. The molecule has 0 aliphatic carbocycles. The van der Waals surface area contributed by atoms with Gasteiger partial charge in [0, 0.05) is 55.6 Å². The van der Waals surface area contributed by atoms with Crippen molar-refractivity contribution in [2.75, 3.05) is 0 Å². The highest BCUT2D eigenvalue weighted by molar-refractivity contribution is 6.13. The Bertz CT molecular complexity index is 3800. The van der Waals surface area contributed by atoms with Gasteiger partial charge in [-0.25, -0.2) is 9.97 Å². The van der Waals surface area contributed by atoms with Gasteiger partial charge in [0.15, 0.2) is 0 Å². The second-order valence-corrected chi connectivity index (χ2v) is 16.1. The summed E-state index contributed by atoms with van der Waals surface area (Å²) in [4.78, 5) is 15.3. The standard InChI is InChI=1S/C57H36N6/c1-3-15-37(16-4-1)48-36-49(38-17-5-2-6-18-38)60-57(59-48)63-51-25-11-7-21-43(51)45-30-28-40(34-55(45)63)39-29-31-53-47(33-39)44-22-8-10-24-50(44)61(53)41-19-13-20-42(35-41)62-52-26-12-9-23-46(52)56-54(62)27-14-32-58-56/h1-36H. The summed E-state index contributed by atoms with van der Waals surface area (Å²) in [6.45, 7) is 0. The predicted molar refractivity (Wildman–Crippen MR) is 259 cm³/mol. The molecule has 5 heterocycles. The Kier molecular flexibility index (Phi) is 7.80. The molecule has 13 rings (SSSR count). The van der Waals surface area contributed by atoms with Crippen LogP contribution in [0.1, 0.15) is 0 Å². The molecule has 0 saturated heterocycles. The Morgan fingerprint density at radius 1 is 0.286 bits per heavy atom. The summed E-state index contributed by atoms with van der Waals surface area (Å²) in [6, 6.07) is 75.4. The second kappa shape index (κ2) is 14.0. The zero-order valence-electron chi connectivity index (χ0n) is 34.0. The summed E-state index contributed by atoms with van der Waals surface area (Å²) in [5.74, 6) is 0.636. The van der Waals surface area contributed by atoms with Crippen LogP contribution in [-0.2, 0) is 0 Å². The fraction of sp³-hybridized carbons (Fsp3) is 0. The van der Waals surface area contributed by atoms with Crippen molar-refractivity contribution >= 4 is 65.5 Å². The first-order valence-electron chi connectivity index (χ1n) is 21.3.